The molecule has 0 aliphatic rings. The van der Waals surface area contributed by atoms with Gasteiger partial charge < -0.3 is 0 Å². The first-order chi connectivity index (χ1) is 9.17. The summed E-state index contributed by atoms with van der Waals surface area (Å²) in [6.45, 7) is 0. The number of carbonyl (C=O) groups is 1. The molecule has 0 N–H and O–H groups in total. The minimum absolute atomic E-state index is 0.768. The molecule has 3 rings (SSSR count). The van der Waals surface area contributed by atoms with Gasteiger partial charge in [-0.15, -0.1) is 34.0 Å². The van der Waals surface area contributed by atoms with E-state index in [0.717, 1.165) is 23.6 Å². The van der Waals surface area contributed by atoms with Crippen LogP contribution in [0.3, 0.4) is 0 Å². The molecule has 19 heavy (non-hydrogen) atoms. The molecule has 6 heteroatoms. The molecule has 0 atom stereocenters. The fourth-order valence-corrected chi connectivity index (χ4v) is 6.65. The van der Waals surface area contributed by atoms with Gasteiger partial charge in [0.05, 0.1) is 12.4 Å². The van der Waals surface area contributed by atoms with E-state index in [1.54, 1.807) is 22.7 Å². The van der Waals surface area contributed by atoms with E-state index in [0.29, 0.717) is 0 Å². The molecule has 0 spiro atoms. The highest BCUT2D eigenvalue weighted by Crippen LogP contribution is 2.43. The van der Waals surface area contributed by atoms with Crippen molar-refractivity contribution in [2.75, 3.05) is 0 Å². The van der Waals surface area contributed by atoms with Gasteiger partial charge in [0.2, 0.25) is 0 Å². The lowest BCUT2D eigenvalue weighted by Crippen LogP contribution is -1.63. The molecule has 0 saturated carbocycles. The van der Waals surface area contributed by atoms with E-state index in [1.807, 2.05) is 12.1 Å². The zero-order valence-electron chi connectivity index (χ0n) is 9.35. The Morgan fingerprint density at radius 1 is 0.895 bits per heavy atom. The number of rotatable bonds is 3. The molecule has 0 saturated heterocycles. The average Bonchev–Trinajstić information content (AvgIpc) is 3.07. The summed E-state index contributed by atoms with van der Waals surface area (Å²) in [7, 11) is 0. The number of thiophene rings is 3. The number of halogens is 2. The highest BCUT2D eigenvalue weighted by Gasteiger charge is 2.12. The van der Waals surface area contributed by atoms with Crippen LogP contribution in [-0.2, 0) is 0 Å². The summed E-state index contributed by atoms with van der Waals surface area (Å²) in [5.74, 6) is 0. The Morgan fingerprint density at radius 2 is 1.58 bits per heavy atom. The van der Waals surface area contributed by atoms with Gasteiger partial charge in [0.25, 0.3) is 0 Å². The molecule has 3 aromatic rings. The number of aldehydes is 1. The highest BCUT2D eigenvalue weighted by atomic mass is 79.9. The Kier molecular flexibility index (Phi) is 4.05. The third kappa shape index (κ3) is 2.78. The summed E-state index contributed by atoms with van der Waals surface area (Å²) in [5, 5.41) is 0. The maximum atomic E-state index is 10.7. The molecule has 3 heterocycles. The third-order valence-electron chi connectivity index (χ3n) is 2.51. The van der Waals surface area contributed by atoms with E-state index >= 15 is 0 Å². The fraction of sp³-hybridized carbons (Fsp3) is 0. The summed E-state index contributed by atoms with van der Waals surface area (Å²) in [5.41, 5.74) is 1.21. The van der Waals surface area contributed by atoms with E-state index in [2.05, 4.69) is 50.1 Å². The first kappa shape index (κ1) is 13.7. The molecular formula is C13H6Br2OS3. The molecule has 0 aromatic carbocycles. The minimum Gasteiger partial charge on any atom is -0.297 e. The van der Waals surface area contributed by atoms with Gasteiger partial charge in [0, 0.05) is 20.2 Å². The monoisotopic (exact) mass is 432 g/mol. The summed E-state index contributed by atoms with van der Waals surface area (Å²) in [6, 6.07) is 10.2. The van der Waals surface area contributed by atoms with Crippen molar-refractivity contribution in [3.8, 4) is 20.2 Å². The summed E-state index contributed by atoms with van der Waals surface area (Å²) in [6.07, 6.45) is 0.898. The van der Waals surface area contributed by atoms with E-state index < -0.39 is 0 Å². The van der Waals surface area contributed by atoms with Crippen LogP contribution >= 0.6 is 65.9 Å². The van der Waals surface area contributed by atoms with Crippen molar-refractivity contribution in [2.24, 2.45) is 0 Å². The predicted octanol–water partition coefficient (Wildman–Crippen LogP) is 6.54. The predicted molar refractivity (Wildman–Crippen MR) is 91.7 cm³/mol. The Labute approximate surface area is 139 Å². The molecule has 3 aromatic heterocycles. The van der Waals surface area contributed by atoms with Crippen molar-refractivity contribution in [1.82, 2.24) is 0 Å². The first-order valence-electron chi connectivity index (χ1n) is 5.28. The van der Waals surface area contributed by atoms with Gasteiger partial charge >= 0.3 is 0 Å². The highest BCUT2D eigenvalue weighted by molar-refractivity contribution is 9.12. The maximum absolute atomic E-state index is 10.7. The van der Waals surface area contributed by atoms with Gasteiger partial charge in [-0.25, -0.2) is 0 Å². The topological polar surface area (TPSA) is 17.1 Å². The van der Waals surface area contributed by atoms with Gasteiger partial charge in [0.1, 0.15) is 0 Å². The van der Waals surface area contributed by atoms with E-state index in [4.69, 9.17) is 0 Å². The van der Waals surface area contributed by atoms with Crippen LogP contribution in [0.15, 0.2) is 37.9 Å². The van der Waals surface area contributed by atoms with Gasteiger partial charge in [-0.1, -0.05) is 0 Å². The van der Waals surface area contributed by atoms with Crippen molar-refractivity contribution in [3.63, 3.8) is 0 Å². The van der Waals surface area contributed by atoms with Gasteiger partial charge in [-0.3, -0.25) is 4.79 Å². The molecule has 96 valence electrons. The second-order valence-corrected chi connectivity index (χ2v) is 9.67. The van der Waals surface area contributed by atoms with Crippen LogP contribution in [0.2, 0.25) is 0 Å². The van der Waals surface area contributed by atoms with Crippen LogP contribution in [0.1, 0.15) is 9.67 Å². The van der Waals surface area contributed by atoms with Crippen molar-refractivity contribution >= 4 is 72.2 Å². The quantitative estimate of drug-likeness (QED) is 0.428. The van der Waals surface area contributed by atoms with Gasteiger partial charge in [-0.05, 0) is 62.2 Å². The molecule has 1 nitrogen and oxygen atoms in total. The Balaban J connectivity index is 1.99. The van der Waals surface area contributed by atoms with Crippen LogP contribution < -0.4 is 0 Å². The molecule has 0 fully saturated rings. The van der Waals surface area contributed by atoms with Crippen LogP contribution in [-0.4, -0.2) is 6.29 Å². The smallest absolute Gasteiger partial charge is 0.160 e. The summed E-state index contributed by atoms with van der Waals surface area (Å²) >= 11 is 12.0. The van der Waals surface area contributed by atoms with Crippen LogP contribution in [0.5, 0.6) is 0 Å². The molecule has 0 amide bonds. The Bertz CT molecular complexity index is 739. The lowest BCUT2D eigenvalue weighted by Gasteiger charge is -1.92. The van der Waals surface area contributed by atoms with Crippen LogP contribution in [0.4, 0.5) is 0 Å². The number of hydrogen-bond donors (Lipinski definition) is 0. The molecular weight excluding hydrogens is 428 g/mol. The van der Waals surface area contributed by atoms with Crippen LogP contribution in [0, 0.1) is 0 Å². The van der Waals surface area contributed by atoms with Crippen molar-refractivity contribution in [2.45, 2.75) is 0 Å². The fourth-order valence-electron chi connectivity index (χ4n) is 1.67. The average molecular weight is 434 g/mol. The number of carbonyl (C=O) groups excluding carboxylic acids is 1. The Hall–Kier alpha value is -0.270. The second kappa shape index (κ2) is 5.61. The van der Waals surface area contributed by atoms with Crippen molar-refractivity contribution in [3.05, 3.63) is 42.8 Å². The second-order valence-electron chi connectivity index (χ2n) is 3.72. The summed E-state index contributed by atoms with van der Waals surface area (Å²) in [4.78, 5) is 15.1. The van der Waals surface area contributed by atoms with E-state index in [1.165, 1.54) is 26.7 Å². The van der Waals surface area contributed by atoms with Gasteiger partial charge in [-0.2, -0.15) is 0 Å². The lowest BCUT2D eigenvalue weighted by atomic mass is 10.3. The molecule has 0 radical (unpaired) electrons. The molecule has 0 bridgehead atoms. The zero-order valence-corrected chi connectivity index (χ0v) is 15.0. The third-order valence-corrected chi connectivity index (χ3v) is 7.18. The molecule has 0 unspecified atom stereocenters. The van der Waals surface area contributed by atoms with Gasteiger partial charge in [0.15, 0.2) is 6.29 Å². The standard InChI is InChI=1S/C13H6Br2OS3/c14-12-5-8(13(15)19-12)9-3-4-11(18-9)10-2-1-7(6-16)17-10/h1-6H. The normalized spacial score (nSPS) is 10.8. The molecule has 0 aliphatic carbocycles. The van der Waals surface area contributed by atoms with Crippen LogP contribution in [0.25, 0.3) is 20.2 Å². The summed E-state index contributed by atoms with van der Waals surface area (Å²) < 4.78 is 2.25. The SMILES string of the molecule is O=Cc1ccc(-c2ccc(-c3cc(Br)sc3Br)s2)s1. The Morgan fingerprint density at radius 3 is 2.21 bits per heavy atom. The zero-order chi connectivity index (χ0) is 13.4. The first-order valence-corrected chi connectivity index (χ1v) is 9.31. The largest absolute Gasteiger partial charge is 0.297 e. The van der Waals surface area contributed by atoms with Crippen molar-refractivity contribution < 1.29 is 4.79 Å². The minimum atomic E-state index is 0.768. The van der Waals surface area contributed by atoms with Crippen molar-refractivity contribution in [1.29, 1.82) is 0 Å². The number of hydrogen-bond acceptors (Lipinski definition) is 4. The molecule has 0 aliphatic heterocycles. The lowest BCUT2D eigenvalue weighted by molar-refractivity contribution is 0.112. The van der Waals surface area contributed by atoms with E-state index in [-0.39, 0.29) is 0 Å². The van der Waals surface area contributed by atoms with E-state index in [9.17, 15) is 4.79 Å². The maximum Gasteiger partial charge on any atom is 0.160 e.